The van der Waals surface area contributed by atoms with Gasteiger partial charge in [0.25, 0.3) is 0 Å². The molecule has 3 aliphatic rings. The number of rotatable bonds is 5. The van der Waals surface area contributed by atoms with E-state index in [0.29, 0.717) is 5.92 Å². The molecule has 2 N–H and O–H groups in total. The maximum absolute atomic E-state index is 11.4. The van der Waals surface area contributed by atoms with Crippen molar-refractivity contribution in [1.82, 2.24) is 10.2 Å². The second-order valence-electron chi connectivity index (χ2n) is 7.41. The van der Waals surface area contributed by atoms with Gasteiger partial charge in [0.2, 0.25) is 0 Å². The van der Waals surface area contributed by atoms with Crippen molar-refractivity contribution in [3.8, 4) is 0 Å². The van der Waals surface area contributed by atoms with Gasteiger partial charge in [-0.3, -0.25) is 0 Å². The molecule has 4 nitrogen and oxygen atoms in total. The summed E-state index contributed by atoms with van der Waals surface area (Å²) >= 11 is 0. The zero-order valence-corrected chi connectivity index (χ0v) is 14.2. The molecular weight excluding hydrogens is 288 g/mol. The minimum atomic E-state index is -0.937. The molecule has 2 bridgehead atoms. The Labute approximate surface area is 138 Å². The Kier molecular flexibility index (Phi) is 4.62. The monoisotopic (exact) mass is 316 g/mol. The zero-order valence-electron chi connectivity index (χ0n) is 14.2. The highest BCUT2D eigenvalue weighted by Gasteiger charge is 2.40. The van der Waals surface area contributed by atoms with Crippen LogP contribution >= 0.6 is 0 Å². The molecule has 4 heteroatoms. The van der Waals surface area contributed by atoms with E-state index < -0.39 is 11.6 Å². The van der Waals surface area contributed by atoms with Gasteiger partial charge >= 0.3 is 6.09 Å². The molecule has 3 fully saturated rings. The first-order valence-electron chi connectivity index (χ1n) is 8.83. The fourth-order valence-electron chi connectivity index (χ4n) is 4.43. The Balaban J connectivity index is 1.82. The van der Waals surface area contributed by atoms with Crippen LogP contribution in [-0.2, 0) is 12.0 Å². The lowest BCUT2D eigenvalue weighted by Gasteiger charge is -2.47. The molecule has 2 atom stereocenters. The maximum atomic E-state index is 11.4. The number of hydrogen-bond donors (Lipinski definition) is 2. The van der Waals surface area contributed by atoms with Crippen molar-refractivity contribution in [3.63, 3.8) is 0 Å². The number of fused-ring (bicyclic) bond motifs is 3. The molecule has 0 saturated carbocycles. The molecular formula is C19H28N2O2. The Morgan fingerprint density at radius 2 is 1.96 bits per heavy atom. The number of carboxylic acid groups (broad SMARTS) is 1. The van der Waals surface area contributed by atoms with Crippen LogP contribution < -0.4 is 5.32 Å². The molecule has 0 radical (unpaired) electrons. The van der Waals surface area contributed by atoms with E-state index in [-0.39, 0.29) is 0 Å². The predicted molar refractivity (Wildman–Crippen MR) is 91.6 cm³/mol. The fraction of sp³-hybridized carbons (Fsp3) is 0.632. The molecule has 1 amide bonds. The topological polar surface area (TPSA) is 52.6 Å². The summed E-state index contributed by atoms with van der Waals surface area (Å²) in [6.07, 6.45) is 3.48. The standard InChI is InChI=1S/C19H28N2O2/c1-3-14-4-6-17(7-5-14)19(2,20-18(22)23)12-16-13-21-10-8-15(16)9-11-21/h4-7,15-16,20H,3,8-13H2,1-2H3,(H,22,23). The molecule has 0 spiro atoms. The van der Waals surface area contributed by atoms with Crippen molar-refractivity contribution in [2.24, 2.45) is 11.8 Å². The molecule has 4 rings (SSSR count). The first kappa shape index (κ1) is 16.3. The molecule has 0 aromatic heterocycles. The van der Waals surface area contributed by atoms with Gasteiger partial charge in [0.05, 0.1) is 5.54 Å². The number of nitrogens with one attached hydrogen (secondary N) is 1. The predicted octanol–water partition coefficient (Wildman–Crippen LogP) is 3.46. The van der Waals surface area contributed by atoms with Gasteiger partial charge < -0.3 is 15.3 Å². The lowest BCUT2D eigenvalue weighted by molar-refractivity contribution is 0.0315. The average Bonchev–Trinajstić information content (AvgIpc) is 2.55. The quantitative estimate of drug-likeness (QED) is 0.874. The van der Waals surface area contributed by atoms with Crippen LogP contribution in [0.1, 0.15) is 44.2 Å². The second kappa shape index (κ2) is 6.52. The highest BCUT2D eigenvalue weighted by molar-refractivity contribution is 5.66. The van der Waals surface area contributed by atoms with Crippen molar-refractivity contribution < 1.29 is 9.90 Å². The van der Waals surface area contributed by atoms with Crippen molar-refractivity contribution in [1.29, 1.82) is 0 Å². The number of nitrogens with zero attached hydrogens (tertiary/aromatic N) is 1. The molecule has 23 heavy (non-hydrogen) atoms. The third-order valence-electron chi connectivity index (χ3n) is 5.84. The van der Waals surface area contributed by atoms with E-state index in [4.69, 9.17) is 0 Å². The van der Waals surface area contributed by atoms with Crippen LogP contribution in [0, 0.1) is 11.8 Å². The van der Waals surface area contributed by atoms with Crippen LogP contribution in [-0.4, -0.2) is 35.7 Å². The SMILES string of the molecule is CCc1ccc(C(C)(CC2CN3CCC2CC3)NC(=O)O)cc1. The van der Waals surface area contributed by atoms with Gasteiger partial charge in [-0.2, -0.15) is 0 Å². The van der Waals surface area contributed by atoms with E-state index in [2.05, 4.69) is 41.4 Å². The summed E-state index contributed by atoms with van der Waals surface area (Å²) in [5.74, 6) is 1.34. The minimum absolute atomic E-state index is 0.513. The van der Waals surface area contributed by atoms with Crippen LogP contribution in [0.3, 0.4) is 0 Å². The van der Waals surface area contributed by atoms with Crippen LogP contribution in [0.5, 0.6) is 0 Å². The maximum Gasteiger partial charge on any atom is 0.405 e. The molecule has 2 unspecified atom stereocenters. The molecule has 3 saturated heterocycles. The summed E-state index contributed by atoms with van der Waals surface area (Å²) in [4.78, 5) is 13.9. The largest absolute Gasteiger partial charge is 0.465 e. The Hall–Kier alpha value is -1.55. The Bertz CT molecular complexity index is 549. The van der Waals surface area contributed by atoms with Gasteiger partial charge in [-0.1, -0.05) is 31.2 Å². The molecule has 3 aliphatic heterocycles. The number of amides is 1. The molecule has 3 heterocycles. The van der Waals surface area contributed by atoms with Gasteiger partial charge in [0.15, 0.2) is 0 Å². The molecule has 1 aromatic carbocycles. The number of aryl methyl sites for hydroxylation is 1. The summed E-state index contributed by atoms with van der Waals surface area (Å²) in [5.41, 5.74) is 1.85. The zero-order chi connectivity index (χ0) is 16.4. The summed E-state index contributed by atoms with van der Waals surface area (Å²) in [6, 6.07) is 8.42. The van der Waals surface area contributed by atoms with Crippen LogP contribution in [0.15, 0.2) is 24.3 Å². The summed E-state index contributed by atoms with van der Waals surface area (Å²) in [5, 5.41) is 12.2. The third-order valence-corrected chi connectivity index (χ3v) is 5.84. The smallest absolute Gasteiger partial charge is 0.405 e. The van der Waals surface area contributed by atoms with Gasteiger partial charge in [0.1, 0.15) is 0 Å². The number of benzene rings is 1. The Morgan fingerprint density at radius 3 is 2.43 bits per heavy atom. The van der Waals surface area contributed by atoms with E-state index in [9.17, 15) is 9.90 Å². The Morgan fingerprint density at radius 1 is 1.30 bits per heavy atom. The van der Waals surface area contributed by atoms with E-state index in [1.165, 1.54) is 31.5 Å². The summed E-state index contributed by atoms with van der Waals surface area (Å²) < 4.78 is 0. The van der Waals surface area contributed by atoms with Gasteiger partial charge in [-0.05, 0) is 68.7 Å². The molecule has 0 aliphatic carbocycles. The van der Waals surface area contributed by atoms with Crippen molar-refractivity contribution in [3.05, 3.63) is 35.4 Å². The number of hydrogen-bond acceptors (Lipinski definition) is 2. The normalized spacial score (nSPS) is 29.0. The van der Waals surface area contributed by atoms with E-state index >= 15 is 0 Å². The van der Waals surface area contributed by atoms with E-state index in [0.717, 1.165) is 30.9 Å². The van der Waals surface area contributed by atoms with Gasteiger partial charge in [-0.15, -0.1) is 0 Å². The first-order valence-corrected chi connectivity index (χ1v) is 8.83. The van der Waals surface area contributed by atoms with Gasteiger partial charge in [-0.25, -0.2) is 4.79 Å². The fourth-order valence-corrected chi connectivity index (χ4v) is 4.43. The third kappa shape index (κ3) is 3.52. The van der Waals surface area contributed by atoms with E-state index in [1.807, 2.05) is 6.92 Å². The van der Waals surface area contributed by atoms with Gasteiger partial charge in [0, 0.05) is 6.54 Å². The van der Waals surface area contributed by atoms with Crippen molar-refractivity contribution in [2.75, 3.05) is 19.6 Å². The average molecular weight is 316 g/mol. The highest BCUT2D eigenvalue weighted by Crippen LogP contribution is 2.39. The number of piperidine rings is 3. The molecule has 126 valence electrons. The number of carbonyl (C=O) groups is 1. The summed E-state index contributed by atoms with van der Waals surface area (Å²) in [7, 11) is 0. The summed E-state index contributed by atoms with van der Waals surface area (Å²) in [6.45, 7) is 7.73. The first-order chi connectivity index (χ1) is 11.0. The van der Waals surface area contributed by atoms with Crippen LogP contribution in [0.25, 0.3) is 0 Å². The van der Waals surface area contributed by atoms with Crippen LogP contribution in [0.2, 0.25) is 0 Å². The van der Waals surface area contributed by atoms with Crippen molar-refractivity contribution in [2.45, 2.75) is 45.1 Å². The minimum Gasteiger partial charge on any atom is -0.465 e. The van der Waals surface area contributed by atoms with Crippen LogP contribution in [0.4, 0.5) is 4.79 Å². The van der Waals surface area contributed by atoms with Crippen molar-refractivity contribution >= 4 is 6.09 Å². The highest BCUT2D eigenvalue weighted by atomic mass is 16.4. The lowest BCUT2D eigenvalue weighted by Crippen LogP contribution is -2.52. The van der Waals surface area contributed by atoms with E-state index in [1.54, 1.807) is 0 Å². The lowest BCUT2D eigenvalue weighted by atomic mass is 9.71. The molecule has 1 aromatic rings. The second-order valence-corrected chi connectivity index (χ2v) is 7.41.